The third-order valence-corrected chi connectivity index (χ3v) is 4.50. The molecule has 0 radical (unpaired) electrons. The SMILES string of the molecule is C[C@H](CC(=O)Nc1ccc2[nH]c(=S)oc2c1)NC(=O)C1CCCC1. The summed E-state index contributed by atoms with van der Waals surface area (Å²) in [6.07, 6.45) is 4.37. The van der Waals surface area contributed by atoms with Gasteiger partial charge in [-0.05, 0) is 44.1 Å². The lowest BCUT2D eigenvalue weighted by Gasteiger charge is -2.16. The molecule has 6 nitrogen and oxygen atoms in total. The summed E-state index contributed by atoms with van der Waals surface area (Å²) in [7, 11) is 0. The Morgan fingerprint density at radius 1 is 1.38 bits per heavy atom. The van der Waals surface area contributed by atoms with E-state index in [-0.39, 0.29) is 30.2 Å². The van der Waals surface area contributed by atoms with Gasteiger partial charge in [-0.3, -0.25) is 9.59 Å². The molecule has 1 aromatic carbocycles. The Hall–Kier alpha value is -2.15. The average Bonchev–Trinajstić information content (AvgIpc) is 3.14. The Labute approximate surface area is 145 Å². The molecule has 1 aromatic heterocycles. The predicted molar refractivity (Wildman–Crippen MR) is 94.2 cm³/mol. The second-order valence-electron chi connectivity index (χ2n) is 6.37. The lowest BCUT2D eigenvalue weighted by molar-refractivity contribution is -0.125. The minimum absolute atomic E-state index is 0.0679. The first-order valence-electron chi connectivity index (χ1n) is 8.24. The van der Waals surface area contributed by atoms with Gasteiger partial charge in [0.1, 0.15) is 0 Å². The molecule has 0 unspecified atom stereocenters. The molecule has 0 aliphatic heterocycles. The summed E-state index contributed by atoms with van der Waals surface area (Å²) in [4.78, 5) is 27.4. The number of rotatable bonds is 5. The summed E-state index contributed by atoms with van der Waals surface area (Å²) in [6, 6.07) is 5.11. The number of hydrogen-bond donors (Lipinski definition) is 3. The third kappa shape index (κ3) is 4.03. The molecule has 3 rings (SSSR count). The number of nitrogens with one attached hydrogen (secondary N) is 3. The molecule has 0 spiro atoms. The second kappa shape index (κ2) is 7.17. The highest BCUT2D eigenvalue weighted by molar-refractivity contribution is 7.71. The zero-order chi connectivity index (χ0) is 17.1. The number of hydrogen-bond acceptors (Lipinski definition) is 4. The fourth-order valence-electron chi connectivity index (χ4n) is 3.11. The summed E-state index contributed by atoms with van der Waals surface area (Å²) in [5, 5.41) is 5.75. The first kappa shape index (κ1) is 16.7. The Bertz CT molecular complexity index is 805. The Morgan fingerprint density at radius 2 is 2.12 bits per heavy atom. The number of aromatic amines is 1. The molecule has 24 heavy (non-hydrogen) atoms. The molecule has 1 aliphatic carbocycles. The van der Waals surface area contributed by atoms with Gasteiger partial charge in [-0.2, -0.15) is 0 Å². The van der Waals surface area contributed by atoms with Gasteiger partial charge in [0, 0.05) is 30.1 Å². The van der Waals surface area contributed by atoms with Crippen LogP contribution in [0.15, 0.2) is 22.6 Å². The number of fused-ring (bicyclic) bond motifs is 1. The quantitative estimate of drug-likeness (QED) is 0.722. The number of carbonyl (C=O) groups excluding carboxylic acids is 2. The van der Waals surface area contributed by atoms with Gasteiger partial charge >= 0.3 is 0 Å². The molecule has 7 heteroatoms. The maximum Gasteiger partial charge on any atom is 0.266 e. The van der Waals surface area contributed by atoms with Crippen LogP contribution in [0.4, 0.5) is 5.69 Å². The molecular formula is C17H21N3O3S. The molecule has 1 fully saturated rings. The van der Waals surface area contributed by atoms with Crippen LogP contribution in [-0.2, 0) is 9.59 Å². The summed E-state index contributed by atoms with van der Waals surface area (Å²) < 4.78 is 5.33. The largest absolute Gasteiger partial charge is 0.429 e. The number of anilines is 1. The maximum absolute atomic E-state index is 12.1. The van der Waals surface area contributed by atoms with Gasteiger partial charge < -0.3 is 20.0 Å². The second-order valence-corrected chi connectivity index (χ2v) is 6.74. The van der Waals surface area contributed by atoms with Gasteiger partial charge in [-0.15, -0.1) is 0 Å². The van der Waals surface area contributed by atoms with Crippen molar-refractivity contribution in [1.29, 1.82) is 0 Å². The van der Waals surface area contributed by atoms with Crippen LogP contribution in [0, 0.1) is 10.8 Å². The number of aromatic nitrogens is 1. The van der Waals surface area contributed by atoms with Crippen LogP contribution >= 0.6 is 12.2 Å². The van der Waals surface area contributed by atoms with E-state index in [0.717, 1.165) is 31.2 Å². The van der Waals surface area contributed by atoms with E-state index in [4.69, 9.17) is 16.6 Å². The fraction of sp³-hybridized carbons (Fsp3) is 0.471. The Balaban J connectivity index is 1.53. The predicted octanol–water partition coefficient (Wildman–Crippen LogP) is 3.51. The lowest BCUT2D eigenvalue weighted by Crippen LogP contribution is -2.38. The van der Waals surface area contributed by atoms with Crippen LogP contribution in [-0.4, -0.2) is 22.8 Å². The van der Waals surface area contributed by atoms with Crippen LogP contribution in [0.25, 0.3) is 11.1 Å². The molecule has 0 saturated heterocycles. The first-order chi connectivity index (χ1) is 11.5. The molecule has 3 N–H and O–H groups in total. The molecule has 2 amide bonds. The van der Waals surface area contributed by atoms with Crippen molar-refractivity contribution in [3.63, 3.8) is 0 Å². The van der Waals surface area contributed by atoms with Gasteiger partial charge in [-0.1, -0.05) is 12.8 Å². The summed E-state index contributed by atoms with van der Waals surface area (Å²) in [6.45, 7) is 1.85. The number of H-pyrrole nitrogens is 1. The summed E-state index contributed by atoms with van der Waals surface area (Å²) >= 11 is 4.94. The van der Waals surface area contributed by atoms with Crippen molar-refractivity contribution in [1.82, 2.24) is 10.3 Å². The average molecular weight is 347 g/mol. The van der Waals surface area contributed by atoms with Gasteiger partial charge in [0.2, 0.25) is 11.8 Å². The molecule has 128 valence electrons. The topological polar surface area (TPSA) is 87.1 Å². The summed E-state index contributed by atoms with van der Waals surface area (Å²) in [5.74, 6) is 0.0294. The van der Waals surface area contributed by atoms with Crippen molar-refractivity contribution in [2.45, 2.75) is 45.1 Å². The van der Waals surface area contributed by atoms with Crippen molar-refractivity contribution in [2.24, 2.45) is 5.92 Å². The summed E-state index contributed by atoms with van der Waals surface area (Å²) in [5.41, 5.74) is 2.02. The molecule has 1 heterocycles. The highest BCUT2D eigenvalue weighted by atomic mass is 32.1. The van der Waals surface area contributed by atoms with Crippen molar-refractivity contribution in [2.75, 3.05) is 5.32 Å². The van der Waals surface area contributed by atoms with Gasteiger partial charge in [-0.25, -0.2) is 0 Å². The molecule has 1 saturated carbocycles. The van der Waals surface area contributed by atoms with Gasteiger partial charge in [0.25, 0.3) is 4.84 Å². The first-order valence-corrected chi connectivity index (χ1v) is 8.65. The van der Waals surface area contributed by atoms with E-state index >= 15 is 0 Å². The third-order valence-electron chi connectivity index (χ3n) is 4.31. The molecule has 2 aromatic rings. The monoisotopic (exact) mass is 347 g/mol. The molecule has 1 aliphatic rings. The molecular weight excluding hydrogens is 326 g/mol. The van der Waals surface area contributed by atoms with Crippen LogP contribution < -0.4 is 10.6 Å². The van der Waals surface area contributed by atoms with Crippen LogP contribution in [0.1, 0.15) is 39.0 Å². The van der Waals surface area contributed by atoms with E-state index in [1.807, 2.05) is 6.92 Å². The Kier molecular flexibility index (Phi) is 4.99. The van der Waals surface area contributed by atoms with E-state index in [1.54, 1.807) is 18.2 Å². The van der Waals surface area contributed by atoms with Crippen molar-refractivity contribution < 1.29 is 14.0 Å². The van der Waals surface area contributed by atoms with Crippen molar-refractivity contribution >= 4 is 40.8 Å². The number of amides is 2. The van der Waals surface area contributed by atoms with E-state index in [0.29, 0.717) is 16.1 Å². The standard InChI is InChI=1S/C17H21N3O3S/c1-10(18-16(22)11-4-2-3-5-11)8-15(21)19-12-6-7-13-14(9-12)23-17(24)20-13/h6-7,9-11H,2-5,8H2,1H3,(H,18,22)(H,19,21)(H,20,24)/t10-/m1/s1. The van der Waals surface area contributed by atoms with E-state index < -0.39 is 0 Å². The zero-order valence-electron chi connectivity index (χ0n) is 13.6. The Morgan fingerprint density at radius 3 is 2.88 bits per heavy atom. The number of carbonyl (C=O) groups is 2. The highest BCUT2D eigenvalue weighted by Crippen LogP contribution is 2.25. The van der Waals surface area contributed by atoms with Crippen LogP contribution in [0.5, 0.6) is 0 Å². The minimum atomic E-state index is -0.196. The molecule has 1 atom stereocenters. The number of oxazole rings is 1. The van der Waals surface area contributed by atoms with Crippen molar-refractivity contribution in [3.8, 4) is 0 Å². The van der Waals surface area contributed by atoms with E-state index in [9.17, 15) is 9.59 Å². The zero-order valence-corrected chi connectivity index (χ0v) is 14.4. The van der Waals surface area contributed by atoms with Crippen LogP contribution in [0.3, 0.4) is 0 Å². The van der Waals surface area contributed by atoms with E-state index in [1.165, 1.54) is 0 Å². The van der Waals surface area contributed by atoms with E-state index in [2.05, 4.69) is 15.6 Å². The minimum Gasteiger partial charge on any atom is -0.429 e. The smallest absolute Gasteiger partial charge is 0.266 e. The molecule has 0 bridgehead atoms. The lowest BCUT2D eigenvalue weighted by atomic mass is 10.1. The normalized spacial score (nSPS) is 16.2. The van der Waals surface area contributed by atoms with Gasteiger partial charge in [0.15, 0.2) is 5.58 Å². The van der Waals surface area contributed by atoms with Crippen molar-refractivity contribution in [3.05, 3.63) is 23.0 Å². The van der Waals surface area contributed by atoms with Crippen LogP contribution in [0.2, 0.25) is 0 Å². The number of benzene rings is 1. The fourth-order valence-corrected chi connectivity index (χ4v) is 3.31. The maximum atomic E-state index is 12.1. The highest BCUT2D eigenvalue weighted by Gasteiger charge is 2.24. The van der Waals surface area contributed by atoms with Gasteiger partial charge in [0.05, 0.1) is 5.52 Å².